The van der Waals surface area contributed by atoms with Gasteiger partial charge in [-0.15, -0.1) is 0 Å². The second-order valence-electron chi connectivity index (χ2n) is 4.38. The first-order valence-electron chi connectivity index (χ1n) is 5.58. The topological polar surface area (TPSA) is 16.1 Å². The molecule has 2 aromatic rings. The lowest BCUT2D eigenvalue weighted by Gasteiger charge is -2.13. The smallest absolute Gasteiger partial charge is 0.135 e. The summed E-state index contributed by atoms with van der Waals surface area (Å²) in [5, 5.41) is 0. The quantitative estimate of drug-likeness (QED) is 0.809. The van der Waals surface area contributed by atoms with Crippen LogP contribution in [0.5, 0.6) is 0 Å². The van der Waals surface area contributed by atoms with Crippen molar-refractivity contribution in [2.75, 3.05) is 19.0 Å². The Morgan fingerprint density at radius 1 is 1.11 bits per heavy atom. The summed E-state index contributed by atoms with van der Waals surface area (Å²) in [4.78, 5) is 6.12. The fourth-order valence-corrected chi connectivity index (χ4v) is 1.83. The number of halogens is 2. The lowest BCUT2D eigenvalue weighted by atomic mass is 10.0. The van der Waals surface area contributed by atoms with Crippen molar-refractivity contribution in [3.63, 3.8) is 0 Å². The maximum Gasteiger partial charge on any atom is 0.135 e. The highest BCUT2D eigenvalue weighted by Crippen LogP contribution is 2.26. The van der Waals surface area contributed by atoms with Gasteiger partial charge in [0.15, 0.2) is 0 Å². The third-order valence-corrected chi connectivity index (χ3v) is 2.77. The molecule has 0 radical (unpaired) electrons. The normalized spacial score (nSPS) is 10.5. The monoisotopic (exact) mass is 248 g/mol. The van der Waals surface area contributed by atoms with Crippen LogP contribution in [0.15, 0.2) is 30.5 Å². The molecule has 0 aliphatic heterocycles. The third kappa shape index (κ3) is 2.32. The number of aromatic nitrogens is 1. The molecule has 0 amide bonds. The van der Waals surface area contributed by atoms with Crippen molar-refractivity contribution in [2.45, 2.75) is 6.92 Å². The van der Waals surface area contributed by atoms with Crippen LogP contribution in [-0.4, -0.2) is 19.1 Å². The Balaban J connectivity index is 2.49. The number of pyridine rings is 1. The molecule has 0 saturated heterocycles. The lowest BCUT2D eigenvalue weighted by molar-refractivity contribution is 0.583. The summed E-state index contributed by atoms with van der Waals surface area (Å²) in [6, 6.07) is 5.77. The van der Waals surface area contributed by atoms with Crippen LogP contribution in [0, 0.1) is 18.6 Å². The Morgan fingerprint density at radius 2 is 1.83 bits per heavy atom. The van der Waals surface area contributed by atoms with Crippen molar-refractivity contribution >= 4 is 5.69 Å². The highest BCUT2D eigenvalue weighted by molar-refractivity contribution is 5.65. The van der Waals surface area contributed by atoms with Crippen LogP contribution < -0.4 is 4.90 Å². The molecule has 0 fully saturated rings. The molecular weight excluding hydrogens is 234 g/mol. The summed E-state index contributed by atoms with van der Waals surface area (Å²) in [6.07, 6.45) is 1.66. The van der Waals surface area contributed by atoms with Crippen molar-refractivity contribution in [1.29, 1.82) is 0 Å². The second kappa shape index (κ2) is 4.72. The van der Waals surface area contributed by atoms with Crippen molar-refractivity contribution in [3.05, 3.63) is 47.7 Å². The first-order valence-corrected chi connectivity index (χ1v) is 5.58. The highest BCUT2D eigenvalue weighted by Gasteiger charge is 2.11. The number of hydrogen-bond donors (Lipinski definition) is 0. The second-order valence-corrected chi connectivity index (χ2v) is 4.38. The van der Waals surface area contributed by atoms with E-state index < -0.39 is 11.6 Å². The van der Waals surface area contributed by atoms with E-state index in [4.69, 9.17) is 0 Å². The van der Waals surface area contributed by atoms with Crippen LogP contribution in [-0.2, 0) is 0 Å². The standard InChI is InChI=1S/C14H14F2N2/c1-9-6-10(15)7-12(16)14(9)13-5-4-11(8-17-13)18(2)3/h4-8H,1-3H3. The third-order valence-electron chi connectivity index (χ3n) is 2.77. The van der Waals surface area contributed by atoms with Gasteiger partial charge in [-0.05, 0) is 30.7 Å². The molecule has 1 aromatic carbocycles. The highest BCUT2D eigenvalue weighted by atomic mass is 19.1. The van der Waals surface area contributed by atoms with Gasteiger partial charge in [-0.25, -0.2) is 8.78 Å². The Hall–Kier alpha value is -1.97. The molecule has 0 aliphatic carbocycles. The van der Waals surface area contributed by atoms with Crippen LogP contribution in [0.2, 0.25) is 0 Å². The predicted octanol–water partition coefficient (Wildman–Crippen LogP) is 3.40. The molecule has 0 spiro atoms. The summed E-state index contributed by atoms with van der Waals surface area (Å²) in [7, 11) is 3.81. The molecule has 94 valence electrons. The number of benzene rings is 1. The Morgan fingerprint density at radius 3 is 2.33 bits per heavy atom. The summed E-state index contributed by atoms with van der Waals surface area (Å²) in [5.74, 6) is -1.16. The largest absolute Gasteiger partial charge is 0.376 e. The number of hydrogen-bond acceptors (Lipinski definition) is 2. The zero-order chi connectivity index (χ0) is 13.3. The maximum absolute atomic E-state index is 13.8. The molecule has 0 unspecified atom stereocenters. The van der Waals surface area contributed by atoms with Crippen LogP contribution in [0.3, 0.4) is 0 Å². The lowest BCUT2D eigenvalue weighted by Crippen LogP contribution is -2.08. The molecule has 0 bridgehead atoms. The maximum atomic E-state index is 13.8. The van der Waals surface area contributed by atoms with E-state index in [9.17, 15) is 8.78 Å². The molecule has 18 heavy (non-hydrogen) atoms. The molecule has 0 N–H and O–H groups in total. The Labute approximate surface area is 105 Å². The Bertz CT molecular complexity index is 540. The van der Waals surface area contributed by atoms with Crippen molar-refractivity contribution in [1.82, 2.24) is 4.98 Å². The minimum atomic E-state index is -0.586. The van der Waals surface area contributed by atoms with Crippen molar-refractivity contribution < 1.29 is 8.78 Å². The summed E-state index contributed by atoms with van der Waals surface area (Å²) in [5.41, 5.74) is 2.33. The van der Waals surface area contributed by atoms with Gasteiger partial charge >= 0.3 is 0 Å². The molecule has 4 heteroatoms. The number of nitrogens with zero attached hydrogens (tertiary/aromatic N) is 2. The van der Waals surface area contributed by atoms with E-state index in [0.717, 1.165) is 11.8 Å². The molecule has 1 aromatic heterocycles. The fraction of sp³-hybridized carbons (Fsp3) is 0.214. The molecule has 2 nitrogen and oxygen atoms in total. The average molecular weight is 248 g/mol. The van der Waals surface area contributed by atoms with Gasteiger partial charge in [0.05, 0.1) is 17.6 Å². The predicted molar refractivity (Wildman–Crippen MR) is 68.7 cm³/mol. The first kappa shape index (κ1) is 12.5. The van der Waals surface area contributed by atoms with Gasteiger partial charge in [-0.3, -0.25) is 4.98 Å². The fourth-order valence-electron chi connectivity index (χ4n) is 1.83. The van der Waals surface area contributed by atoms with Gasteiger partial charge < -0.3 is 4.90 Å². The molecular formula is C14H14F2N2. The van der Waals surface area contributed by atoms with Crippen molar-refractivity contribution in [2.24, 2.45) is 0 Å². The van der Waals surface area contributed by atoms with Crippen molar-refractivity contribution in [3.8, 4) is 11.3 Å². The number of anilines is 1. The first-order chi connectivity index (χ1) is 8.49. The summed E-state index contributed by atoms with van der Waals surface area (Å²) >= 11 is 0. The number of rotatable bonds is 2. The molecule has 0 saturated carbocycles. The van der Waals surface area contributed by atoms with E-state index in [1.807, 2.05) is 25.1 Å². The van der Waals surface area contributed by atoms with E-state index in [1.165, 1.54) is 6.07 Å². The van der Waals surface area contributed by atoms with E-state index >= 15 is 0 Å². The summed E-state index contributed by atoms with van der Waals surface area (Å²) in [6.45, 7) is 1.67. The zero-order valence-electron chi connectivity index (χ0n) is 10.5. The van der Waals surface area contributed by atoms with Crippen LogP contribution in [0.1, 0.15) is 5.56 Å². The van der Waals surface area contributed by atoms with Crippen LogP contribution in [0.25, 0.3) is 11.3 Å². The SMILES string of the molecule is Cc1cc(F)cc(F)c1-c1ccc(N(C)C)cn1. The van der Waals surface area contributed by atoms with E-state index in [2.05, 4.69) is 4.98 Å². The minimum absolute atomic E-state index is 0.349. The summed E-state index contributed by atoms with van der Waals surface area (Å²) < 4.78 is 26.8. The van der Waals surface area contributed by atoms with Gasteiger partial charge in [-0.1, -0.05) is 0 Å². The van der Waals surface area contributed by atoms with Gasteiger partial charge in [-0.2, -0.15) is 0 Å². The van der Waals surface area contributed by atoms with Gasteiger partial charge in [0.25, 0.3) is 0 Å². The van der Waals surface area contributed by atoms with Gasteiger partial charge in [0, 0.05) is 25.7 Å². The van der Waals surface area contributed by atoms with E-state index in [0.29, 0.717) is 16.8 Å². The average Bonchev–Trinajstić information content (AvgIpc) is 2.28. The Kier molecular flexibility index (Phi) is 3.28. The van der Waals surface area contributed by atoms with Crippen LogP contribution in [0.4, 0.5) is 14.5 Å². The van der Waals surface area contributed by atoms with Gasteiger partial charge in [0.2, 0.25) is 0 Å². The van der Waals surface area contributed by atoms with Gasteiger partial charge in [0.1, 0.15) is 11.6 Å². The molecule has 0 atom stereocenters. The molecule has 2 rings (SSSR count). The van der Waals surface area contributed by atoms with E-state index in [-0.39, 0.29) is 0 Å². The van der Waals surface area contributed by atoms with Crippen LogP contribution >= 0.6 is 0 Å². The van der Waals surface area contributed by atoms with E-state index in [1.54, 1.807) is 19.2 Å². The minimum Gasteiger partial charge on any atom is -0.376 e. The molecule has 0 aliphatic rings. The molecule has 1 heterocycles. The number of aryl methyl sites for hydroxylation is 1. The zero-order valence-corrected chi connectivity index (χ0v) is 10.5.